The van der Waals surface area contributed by atoms with Gasteiger partial charge < -0.3 is 10.2 Å². The van der Waals surface area contributed by atoms with Crippen LogP contribution < -0.4 is 10.2 Å². The third-order valence-corrected chi connectivity index (χ3v) is 3.30. The summed E-state index contributed by atoms with van der Waals surface area (Å²) in [5, 5.41) is 1.96. The molecule has 0 saturated heterocycles. The standard InChI is InChI=1S/C9H12ClF3N4OS/c1-17(2)8-15-6(10)5(19(3)18)7(16-8)14-4-9(11,12)13/h4H2,1-3H3,(H,14,15,16). The molecular weight excluding hydrogens is 305 g/mol. The van der Waals surface area contributed by atoms with Gasteiger partial charge in [-0.15, -0.1) is 0 Å². The van der Waals surface area contributed by atoms with Crippen LogP contribution in [0.2, 0.25) is 5.15 Å². The molecule has 0 aliphatic carbocycles. The molecule has 1 aromatic heterocycles. The number of nitrogens with zero attached hydrogens (tertiary/aromatic N) is 3. The van der Waals surface area contributed by atoms with Gasteiger partial charge in [0.2, 0.25) is 5.95 Å². The zero-order valence-corrected chi connectivity index (χ0v) is 11.9. The molecule has 0 radical (unpaired) electrons. The van der Waals surface area contributed by atoms with Gasteiger partial charge in [-0.05, 0) is 0 Å². The van der Waals surface area contributed by atoms with Crippen LogP contribution in [0.4, 0.5) is 24.9 Å². The quantitative estimate of drug-likeness (QED) is 0.860. The van der Waals surface area contributed by atoms with Gasteiger partial charge >= 0.3 is 6.18 Å². The normalized spacial score (nSPS) is 13.2. The van der Waals surface area contributed by atoms with E-state index in [2.05, 4.69) is 15.3 Å². The Morgan fingerprint density at radius 3 is 2.37 bits per heavy atom. The number of hydrogen-bond acceptors (Lipinski definition) is 5. The van der Waals surface area contributed by atoms with Crippen LogP contribution in [-0.4, -0.2) is 47.2 Å². The molecule has 0 bridgehead atoms. The molecule has 0 spiro atoms. The maximum Gasteiger partial charge on any atom is 0.405 e. The van der Waals surface area contributed by atoms with Crippen LogP contribution in [0.5, 0.6) is 0 Å². The Hall–Kier alpha value is -1.09. The van der Waals surface area contributed by atoms with E-state index in [0.717, 1.165) is 0 Å². The van der Waals surface area contributed by atoms with Crippen LogP contribution in [0.15, 0.2) is 4.90 Å². The first kappa shape index (κ1) is 16.0. The molecule has 0 amide bonds. The van der Waals surface area contributed by atoms with Crippen molar-refractivity contribution in [2.75, 3.05) is 37.1 Å². The van der Waals surface area contributed by atoms with Crippen LogP contribution in [0, 0.1) is 0 Å². The smallest absolute Gasteiger partial charge is 0.360 e. The monoisotopic (exact) mass is 316 g/mol. The highest BCUT2D eigenvalue weighted by atomic mass is 35.5. The molecule has 1 unspecified atom stereocenters. The summed E-state index contributed by atoms with van der Waals surface area (Å²) < 4.78 is 48.1. The first-order chi connectivity index (χ1) is 8.61. The van der Waals surface area contributed by atoms with Crippen molar-refractivity contribution in [1.82, 2.24) is 9.97 Å². The summed E-state index contributed by atoms with van der Waals surface area (Å²) in [6, 6.07) is 0. The fourth-order valence-electron chi connectivity index (χ4n) is 1.17. The van der Waals surface area contributed by atoms with E-state index in [1.165, 1.54) is 11.2 Å². The maximum absolute atomic E-state index is 12.2. The highest BCUT2D eigenvalue weighted by molar-refractivity contribution is 7.84. The number of anilines is 2. The fraction of sp³-hybridized carbons (Fsp3) is 0.556. The van der Waals surface area contributed by atoms with Crippen LogP contribution in [-0.2, 0) is 10.8 Å². The summed E-state index contributed by atoms with van der Waals surface area (Å²) in [4.78, 5) is 9.18. The summed E-state index contributed by atoms with van der Waals surface area (Å²) in [7, 11) is 1.62. The summed E-state index contributed by atoms with van der Waals surface area (Å²) >= 11 is 5.83. The average Bonchev–Trinajstić information content (AvgIpc) is 2.23. The summed E-state index contributed by atoms with van der Waals surface area (Å²) in [5.74, 6) is -0.0502. The van der Waals surface area contributed by atoms with Crippen molar-refractivity contribution in [2.24, 2.45) is 0 Å². The molecule has 19 heavy (non-hydrogen) atoms. The van der Waals surface area contributed by atoms with Gasteiger partial charge in [-0.25, -0.2) is 0 Å². The number of hydrogen-bond donors (Lipinski definition) is 1. The van der Waals surface area contributed by atoms with Gasteiger partial charge in [-0.2, -0.15) is 23.1 Å². The highest BCUT2D eigenvalue weighted by Crippen LogP contribution is 2.27. The van der Waals surface area contributed by atoms with E-state index in [4.69, 9.17) is 11.6 Å². The minimum Gasteiger partial charge on any atom is -0.360 e. The van der Waals surface area contributed by atoms with Gasteiger partial charge in [0.15, 0.2) is 5.15 Å². The molecule has 108 valence electrons. The largest absolute Gasteiger partial charge is 0.405 e. The lowest BCUT2D eigenvalue weighted by atomic mass is 10.5. The van der Waals surface area contributed by atoms with Gasteiger partial charge in [0.1, 0.15) is 17.3 Å². The van der Waals surface area contributed by atoms with Crippen molar-refractivity contribution in [3.63, 3.8) is 0 Å². The summed E-state index contributed by atoms with van der Waals surface area (Å²) in [5.41, 5.74) is 0. The van der Waals surface area contributed by atoms with E-state index >= 15 is 0 Å². The van der Waals surface area contributed by atoms with Crippen LogP contribution >= 0.6 is 11.6 Å². The third-order valence-electron chi connectivity index (χ3n) is 1.96. The van der Waals surface area contributed by atoms with Gasteiger partial charge in [0, 0.05) is 20.4 Å². The highest BCUT2D eigenvalue weighted by Gasteiger charge is 2.28. The molecule has 1 rings (SSSR count). The van der Waals surface area contributed by atoms with Crippen molar-refractivity contribution in [3.05, 3.63) is 5.15 Å². The van der Waals surface area contributed by atoms with Gasteiger partial charge in [0.25, 0.3) is 0 Å². The fourth-order valence-corrected chi connectivity index (χ4v) is 2.33. The molecule has 1 aromatic rings. The van der Waals surface area contributed by atoms with E-state index in [9.17, 15) is 17.4 Å². The van der Waals surface area contributed by atoms with E-state index < -0.39 is 23.5 Å². The molecule has 1 N–H and O–H groups in total. The molecule has 1 heterocycles. The Labute approximate surface area is 115 Å². The predicted octanol–water partition coefficient (Wildman–Crippen LogP) is 1.91. The molecule has 5 nitrogen and oxygen atoms in total. The molecule has 10 heteroatoms. The van der Waals surface area contributed by atoms with Gasteiger partial charge in [-0.3, -0.25) is 4.21 Å². The van der Waals surface area contributed by atoms with Crippen molar-refractivity contribution in [1.29, 1.82) is 0 Å². The lowest BCUT2D eigenvalue weighted by Crippen LogP contribution is -2.24. The molecule has 0 aliphatic rings. The topological polar surface area (TPSA) is 58.1 Å². The van der Waals surface area contributed by atoms with Crippen molar-refractivity contribution < 1.29 is 17.4 Å². The summed E-state index contributed by atoms with van der Waals surface area (Å²) in [6.07, 6.45) is -3.12. The van der Waals surface area contributed by atoms with Crippen LogP contribution in [0.25, 0.3) is 0 Å². The minimum absolute atomic E-state index is 0.0449. The Bertz CT molecular complexity index is 495. The lowest BCUT2D eigenvalue weighted by molar-refractivity contribution is -0.115. The van der Waals surface area contributed by atoms with E-state index in [1.54, 1.807) is 14.1 Å². The Morgan fingerprint density at radius 2 is 1.95 bits per heavy atom. The van der Waals surface area contributed by atoms with Crippen LogP contribution in [0.1, 0.15) is 0 Å². The predicted molar refractivity (Wildman–Crippen MR) is 68.2 cm³/mol. The number of nitrogens with one attached hydrogen (secondary N) is 1. The van der Waals surface area contributed by atoms with E-state index in [0.29, 0.717) is 0 Å². The van der Waals surface area contributed by atoms with E-state index in [1.807, 2.05) is 0 Å². The number of aromatic nitrogens is 2. The Morgan fingerprint density at radius 1 is 1.37 bits per heavy atom. The van der Waals surface area contributed by atoms with Crippen molar-refractivity contribution >= 4 is 34.2 Å². The van der Waals surface area contributed by atoms with Crippen molar-refractivity contribution in [2.45, 2.75) is 11.1 Å². The molecule has 0 fully saturated rings. The number of rotatable bonds is 4. The molecule has 0 aliphatic heterocycles. The maximum atomic E-state index is 12.2. The first-order valence-electron chi connectivity index (χ1n) is 5.00. The van der Waals surface area contributed by atoms with Gasteiger partial charge in [0.05, 0.1) is 10.8 Å². The Balaban J connectivity index is 3.20. The van der Waals surface area contributed by atoms with Gasteiger partial charge in [-0.1, -0.05) is 11.6 Å². The zero-order valence-electron chi connectivity index (χ0n) is 10.4. The zero-order chi connectivity index (χ0) is 14.8. The Kier molecular flexibility index (Phi) is 4.97. The molecule has 1 atom stereocenters. The minimum atomic E-state index is -4.41. The van der Waals surface area contributed by atoms with Crippen LogP contribution in [0.3, 0.4) is 0 Å². The lowest BCUT2D eigenvalue weighted by Gasteiger charge is -2.16. The molecule has 0 aromatic carbocycles. The second-order valence-corrected chi connectivity index (χ2v) is 5.48. The number of halogens is 4. The SMILES string of the molecule is CN(C)c1nc(Cl)c(S(C)=O)c(NCC(F)(F)F)n1. The summed E-state index contributed by atoms with van der Waals surface area (Å²) in [6.45, 7) is -1.29. The second kappa shape index (κ2) is 5.91. The number of alkyl halides is 3. The third kappa shape index (κ3) is 4.50. The van der Waals surface area contributed by atoms with E-state index in [-0.39, 0.29) is 21.8 Å². The first-order valence-corrected chi connectivity index (χ1v) is 6.94. The average molecular weight is 317 g/mol. The van der Waals surface area contributed by atoms with Crippen molar-refractivity contribution in [3.8, 4) is 0 Å². The second-order valence-electron chi connectivity index (χ2n) is 3.81. The molecular formula is C9H12ClF3N4OS. The molecule has 0 saturated carbocycles.